The number of pyridine rings is 1. The van der Waals surface area contributed by atoms with Gasteiger partial charge in [-0.05, 0) is 24.3 Å². The summed E-state index contributed by atoms with van der Waals surface area (Å²) in [4.78, 5) is 23.4. The zero-order valence-corrected chi connectivity index (χ0v) is 11.6. The summed E-state index contributed by atoms with van der Waals surface area (Å²) in [6.07, 6.45) is 1.64. The third-order valence-electron chi connectivity index (χ3n) is 2.93. The number of ether oxygens (including phenoxy) is 2. The highest BCUT2D eigenvalue weighted by atomic mass is 16.5. The molecule has 110 valence electrons. The number of nitrogen functional groups attached to an aromatic ring is 1. The first-order valence-electron chi connectivity index (χ1n) is 6.38. The zero-order chi connectivity index (χ0) is 15.2. The minimum absolute atomic E-state index is 0.107. The number of nitrogens with zero attached hydrogens (tertiary/aromatic N) is 1. The van der Waals surface area contributed by atoms with Gasteiger partial charge < -0.3 is 19.8 Å². The highest BCUT2D eigenvalue weighted by Crippen LogP contribution is 2.22. The Morgan fingerprint density at radius 2 is 2.10 bits per heavy atom. The number of carbonyl (C=O) groups excluding carboxylic acids is 1. The molecule has 6 heteroatoms. The number of rotatable bonds is 5. The molecule has 0 fully saturated rings. The molecule has 6 nitrogen and oxygen atoms in total. The molecule has 0 aliphatic heterocycles. The van der Waals surface area contributed by atoms with Crippen molar-refractivity contribution in [3.8, 4) is 5.75 Å². The third-order valence-corrected chi connectivity index (χ3v) is 2.93. The molecule has 1 aromatic heterocycles. The summed E-state index contributed by atoms with van der Waals surface area (Å²) < 4.78 is 11.6. The lowest BCUT2D eigenvalue weighted by molar-refractivity contribution is 0.0490. The number of hydrogen-bond donors (Lipinski definition) is 1. The Morgan fingerprint density at radius 1 is 1.29 bits per heavy atom. The van der Waals surface area contributed by atoms with Crippen LogP contribution >= 0.6 is 0 Å². The second kappa shape index (κ2) is 6.60. The van der Waals surface area contributed by atoms with Crippen LogP contribution in [0, 0.1) is 0 Å². The summed E-state index contributed by atoms with van der Waals surface area (Å²) in [5.41, 5.74) is 6.34. The maximum Gasteiger partial charge on any atom is 0.338 e. The van der Waals surface area contributed by atoms with Gasteiger partial charge in [0.15, 0.2) is 0 Å². The first-order chi connectivity index (χ1) is 10.1. The van der Waals surface area contributed by atoms with Gasteiger partial charge in [-0.1, -0.05) is 6.07 Å². The van der Waals surface area contributed by atoms with Crippen molar-refractivity contribution >= 4 is 11.7 Å². The monoisotopic (exact) mass is 288 g/mol. The lowest BCUT2D eigenvalue weighted by atomic mass is 10.2. The van der Waals surface area contributed by atoms with Crippen LogP contribution in [0.5, 0.6) is 5.75 Å². The summed E-state index contributed by atoms with van der Waals surface area (Å²) in [6.45, 7) is 0.410. The zero-order valence-electron chi connectivity index (χ0n) is 11.6. The molecule has 0 aliphatic carbocycles. The summed E-state index contributed by atoms with van der Waals surface area (Å²) in [6, 6.07) is 9.52. The highest BCUT2D eigenvalue weighted by molar-refractivity contribution is 5.90. The molecular formula is C15H16N2O4. The van der Waals surface area contributed by atoms with Crippen LogP contribution in [0.25, 0.3) is 0 Å². The second-order valence-electron chi connectivity index (χ2n) is 4.32. The average Bonchev–Trinajstić information content (AvgIpc) is 2.49. The van der Waals surface area contributed by atoms with E-state index < -0.39 is 5.97 Å². The molecule has 2 aromatic rings. The van der Waals surface area contributed by atoms with E-state index in [4.69, 9.17) is 15.2 Å². The molecule has 0 bridgehead atoms. The van der Waals surface area contributed by atoms with Crippen LogP contribution < -0.4 is 16.0 Å². The van der Waals surface area contributed by atoms with E-state index in [-0.39, 0.29) is 12.2 Å². The van der Waals surface area contributed by atoms with Crippen molar-refractivity contribution in [2.45, 2.75) is 6.54 Å². The van der Waals surface area contributed by atoms with Crippen LogP contribution in [-0.4, -0.2) is 24.3 Å². The van der Waals surface area contributed by atoms with Crippen LogP contribution in [0.1, 0.15) is 10.4 Å². The summed E-state index contributed by atoms with van der Waals surface area (Å²) in [5.74, 6) is -0.0685. The van der Waals surface area contributed by atoms with Crippen molar-refractivity contribution in [3.63, 3.8) is 0 Å². The van der Waals surface area contributed by atoms with E-state index in [0.717, 1.165) is 0 Å². The Morgan fingerprint density at radius 3 is 2.81 bits per heavy atom. The highest BCUT2D eigenvalue weighted by Gasteiger charge is 2.10. The van der Waals surface area contributed by atoms with Crippen LogP contribution in [0.4, 0.5) is 5.69 Å². The molecule has 0 amide bonds. The fourth-order valence-electron chi connectivity index (χ4n) is 1.80. The Bertz CT molecular complexity index is 694. The van der Waals surface area contributed by atoms with E-state index in [1.165, 1.54) is 23.8 Å². The molecular weight excluding hydrogens is 272 g/mol. The van der Waals surface area contributed by atoms with Crippen LogP contribution in [0.2, 0.25) is 0 Å². The molecule has 1 heterocycles. The van der Waals surface area contributed by atoms with Crippen molar-refractivity contribution in [1.82, 2.24) is 4.57 Å². The van der Waals surface area contributed by atoms with Crippen molar-refractivity contribution in [2.75, 3.05) is 19.5 Å². The number of carbonyl (C=O) groups is 1. The number of methoxy groups -OCH3 is 1. The van der Waals surface area contributed by atoms with E-state index in [9.17, 15) is 9.59 Å². The van der Waals surface area contributed by atoms with Crippen molar-refractivity contribution in [1.29, 1.82) is 0 Å². The Kier molecular flexibility index (Phi) is 4.61. The van der Waals surface area contributed by atoms with E-state index in [1.807, 2.05) is 0 Å². The standard InChI is InChI=1S/C15H16N2O4/c1-20-13-10-11(5-6-12(13)16)15(19)21-9-8-17-7-3-2-4-14(17)18/h2-7,10H,8-9,16H2,1H3. The Labute approximate surface area is 121 Å². The number of benzene rings is 1. The Hall–Kier alpha value is -2.76. The van der Waals surface area contributed by atoms with E-state index in [1.54, 1.807) is 30.5 Å². The SMILES string of the molecule is COc1cc(C(=O)OCCn2ccccc2=O)ccc1N. The minimum atomic E-state index is -0.489. The van der Waals surface area contributed by atoms with Gasteiger partial charge in [0.2, 0.25) is 0 Å². The smallest absolute Gasteiger partial charge is 0.338 e. The van der Waals surface area contributed by atoms with Gasteiger partial charge in [-0.2, -0.15) is 0 Å². The summed E-state index contributed by atoms with van der Waals surface area (Å²) in [5, 5.41) is 0. The van der Waals surface area contributed by atoms with Crippen LogP contribution in [0.15, 0.2) is 47.4 Å². The van der Waals surface area contributed by atoms with E-state index >= 15 is 0 Å². The molecule has 0 spiro atoms. The lowest BCUT2D eigenvalue weighted by Gasteiger charge is -2.09. The maximum absolute atomic E-state index is 11.9. The fraction of sp³-hybridized carbons (Fsp3) is 0.200. The molecule has 0 radical (unpaired) electrons. The van der Waals surface area contributed by atoms with Gasteiger partial charge in [0.25, 0.3) is 5.56 Å². The van der Waals surface area contributed by atoms with Gasteiger partial charge >= 0.3 is 5.97 Å². The van der Waals surface area contributed by atoms with E-state index in [0.29, 0.717) is 23.5 Å². The second-order valence-corrected chi connectivity index (χ2v) is 4.32. The van der Waals surface area contributed by atoms with E-state index in [2.05, 4.69) is 0 Å². The largest absolute Gasteiger partial charge is 0.495 e. The first kappa shape index (κ1) is 14.6. The lowest BCUT2D eigenvalue weighted by Crippen LogP contribution is -2.21. The predicted octanol–water partition coefficient (Wildman–Crippen LogP) is 1.30. The number of aromatic nitrogens is 1. The number of anilines is 1. The van der Waals surface area contributed by atoms with Gasteiger partial charge in [0.05, 0.1) is 24.9 Å². The fourth-order valence-corrected chi connectivity index (χ4v) is 1.80. The van der Waals surface area contributed by atoms with Gasteiger partial charge in [-0.25, -0.2) is 4.79 Å². The van der Waals surface area contributed by atoms with Gasteiger partial charge in [0, 0.05) is 12.3 Å². The number of esters is 1. The molecule has 0 aliphatic rings. The molecule has 0 saturated heterocycles. The molecule has 0 atom stereocenters. The van der Waals surface area contributed by atoms with Gasteiger partial charge in [0.1, 0.15) is 12.4 Å². The van der Waals surface area contributed by atoms with Crippen molar-refractivity contribution in [2.24, 2.45) is 0 Å². The quantitative estimate of drug-likeness (QED) is 0.662. The molecule has 1 aromatic carbocycles. The van der Waals surface area contributed by atoms with Gasteiger partial charge in [-0.3, -0.25) is 4.79 Å². The van der Waals surface area contributed by atoms with Crippen molar-refractivity contribution < 1.29 is 14.3 Å². The summed E-state index contributed by atoms with van der Waals surface area (Å²) in [7, 11) is 1.47. The minimum Gasteiger partial charge on any atom is -0.495 e. The molecule has 21 heavy (non-hydrogen) atoms. The number of nitrogens with two attached hydrogens (primary N) is 1. The third kappa shape index (κ3) is 3.62. The molecule has 2 N–H and O–H groups in total. The van der Waals surface area contributed by atoms with Crippen LogP contribution in [0.3, 0.4) is 0 Å². The average molecular weight is 288 g/mol. The van der Waals surface area contributed by atoms with Crippen LogP contribution in [-0.2, 0) is 11.3 Å². The first-order valence-corrected chi connectivity index (χ1v) is 6.38. The number of hydrogen-bond acceptors (Lipinski definition) is 5. The van der Waals surface area contributed by atoms with Crippen molar-refractivity contribution in [3.05, 3.63) is 58.5 Å². The normalized spacial score (nSPS) is 10.1. The summed E-state index contributed by atoms with van der Waals surface area (Å²) >= 11 is 0. The topological polar surface area (TPSA) is 83.5 Å². The predicted molar refractivity (Wildman–Crippen MR) is 78.4 cm³/mol. The molecule has 0 saturated carbocycles. The maximum atomic E-state index is 11.9. The molecule has 2 rings (SSSR count). The Balaban J connectivity index is 1.96. The van der Waals surface area contributed by atoms with Gasteiger partial charge in [-0.15, -0.1) is 0 Å². The molecule has 0 unspecified atom stereocenters.